The van der Waals surface area contributed by atoms with Gasteiger partial charge in [0, 0.05) is 25.2 Å². The highest BCUT2D eigenvalue weighted by Gasteiger charge is 2.07. The van der Waals surface area contributed by atoms with Crippen molar-refractivity contribution in [1.82, 2.24) is 9.88 Å². The summed E-state index contributed by atoms with van der Waals surface area (Å²) in [4.78, 5) is 33.7. The molecule has 1 aromatic heterocycles. The molecule has 1 amide bonds. The lowest BCUT2D eigenvalue weighted by molar-refractivity contribution is -0.385. The van der Waals surface area contributed by atoms with Crippen LogP contribution in [0.15, 0.2) is 47.4 Å². The van der Waals surface area contributed by atoms with Gasteiger partial charge in [-0.15, -0.1) is 0 Å². The molecular weight excluding hydrogens is 350 g/mol. The third kappa shape index (κ3) is 6.58. The molecule has 27 heavy (non-hydrogen) atoms. The van der Waals surface area contributed by atoms with Crippen molar-refractivity contribution in [3.63, 3.8) is 0 Å². The Balaban J connectivity index is 1.66. The zero-order valence-electron chi connectivity index (χ0n) is 15.2. The zero-order chi connectivity index (χ0) is 19.6. The summed E-state index contributed by atoms with van der Waals surface area (Å²) in [7, 11) is 0. The highest BCUT2D eigenvalue weighted by molar-refractivity contribution is 5.77. The molecule has 2 rings (SSSR count). The number of pyridine rings is 1. The summed E-state index contributed by atoms with van der Waals surface area (Å²) in [6, 6.07) is 9.97. The molecule has 1 N–H and O–H groups in total. The van der Waals surface area contributed by atoms with Gasteiger partial charge in [0.25, 0.3) is 17.2 Å². The topological polar surface area (TPSA) is 103 Å². The van der Waals surface area contributed by atoms with E-state index in [1.54, 1.807) is 0 Å². The summed E-state index contributed by atoms with van der Waals surface area (Å²) in [5, 5.41) is 13.5. The summed E-state index contributed by atoms with van der Waals surface area (Å²) < 4.78 is 6.73. The normalized spacial score (nSPS) is 10.4. The number of aryl methyl sites for hydroxylation is 2. The van der Waals surface area contributed by atoms with Gasteiger partial charge in [0.1, 0.15) is 5.75 Å². The van der Waals surface area contributed by atoms with Crippen molar-refractivity contribution in [2.75, 3.05) is 13.2 Å². The van der Waals surface area contributed by atoms with E-state index in [1.807, 2.05) is 24.3 Å². The first-order valence-corrected chi connectivity index (χ1v) is 8.83. The molecule has 0 fully saturated rings. The van der Waals surface area contributed by atoms with Gasteiger partial charge < -0.3 is 14.6 Å². The molecule has 2 aromatic rings. The minimum absolute atomic E-state index is 0.0597. The predicted molar refractivity (Wildman–Crippen MR) is 101 cm³/mol. The maximum absolute atomic E-state index is 11.8. The molecule has 0 saturated heterocycles. The smallest absolute Gasteiger partial charge is 0.285 e. The van der Waals surface area contributed by atoms with Gasteiger partial charge in [-0.2, -0.15) is 0 Å². The maximum atomic E-state index is 11.8. The Morgan fingerprint density at radius 2 is 1.93 bits per heavy atom. The van der Waals surface area contributed by atoms with Crippen LogP contribution in [-0.2, 0) is 17.8 Å². The number of carbonyl (C=O) groups is 1. The second kappa shape index (κ2) is 10.1. The van der Waals surface area contributed by atoms with Crippen molar-refractivity contribution in [1.29, 1.82) is 0 Å². The van der Waals surface area contributed by atoms with E-state index in [1.165, 1.54) is 28.5 Å². The molecule has 1 heterocycles. The van der Waals surface area contributed by atoms with E-state index in [0.717, 1.165) is 6.42 Å². The number of amides is 1. The van der Waals surface area contributed by atoms with Crippen LogP contribution >= 0.6 is 0 Å². The fourth-order valence-electron chi connectivity index (χ4n) is 2.46. The van der Waals surface area contributed by atoms with Gasteiger partial charge in [0.15, 0.2) is 6.61 Å². The average Bonchev–Trinajstić information content (AvgIpc) is 2.67. The van der Waals surface area contributed by atoms with Crippen LogP contribution in [0.4, 0.5) is 5.69 Å². The number of nitrogens with zero attached hydrogens (tertiary/aromatic N) is 2. The van der Waals surface area contributed by atoms with E-state index < -0.39 is 4.92 Å². The van der Waals surface area contributed by atoms with Crippen molar-refractivity contribution in [2.45, 2.75) is 32.7 Å². The van der Waals surface area contributed by atoms with Crippen LogP contribution in [0.3, 0.4) is 0 Å². The Labute approximate surface area is 156 Å². The van der Waals surface area contributed by atoms with Gasteiger partial charge >= 0.3 is 0 Å². The Kier molecular flexibility index (Phi) is 7.54. The molecule has 0 aliphatic rings. The minimum Gasteiger partial charge on any atom is -0.484 e. The number of nitrogens with one attached hydrogen (secondary N) is 1. The zero-order valence-corrected chi connectivity index (χ0v) is 15.2. The molecule has 0 spiro atoms. The molecule has 0 bridgehead atoms. The third-order valence-corrected chi connectivity index (χ3v) is 4.03. The molecule has 0 unspecified atom stereocenters. The van der Waals surface area contributed by atoms with E-state index in [2.05, 4.69) is 12.2 Å². The van der Waals surface area contributed by atoms with E-state index in [9.17, 15) is 19.7 Å². The molecule has 1 aromatic carbocycles. The standard InChI is InChI=1S/C19H23N3O5/c1-2-15-5-8-17(9-6-15)27-14-18(23)20-11-3-4-12-21-13-16(22(25)26)7-10-19(21)24/h5-10,13H,2-4,11-12,14H2,1H3,(H,20,23). The summed E-state index contributed by atoms with van der Waals surface area (Å²) in [5.74, 6) is 0.425. The number of aromatic nitrogens is 1. The van der Waals surface area contributed by atoms with Crippen LogP contribution in [0.1, 0.15) is 25.3 Å². The van der Waals surface area contributed by atoms with Crippen molar-refractivity contribution in [3.8, 4) is 5.75 Å². The van der Waals surface area contributed by atoms with Crippen molar-refractivity contribution < 1.29 is 14.5 Å². The lowest BCUT2D eigenvalue weighted by Gasteiger charge is -2.08. The van der Waals surface area contributed by atoms with Crippen LogP contribution in [0.5, 0.6) is 5.75 Å². The number of rotatable bonds is 10. The molecular formula is C19H23N3O5. The third-order valence-electron chi connectivity index (χ3n) is 4.03. The predicted octanol–water partition coefficient (Wildman–Crippen LogP) is 2.29. The lowest BCUT2D eigenvalue weighted by Crippen LogP contribution is -2.30. The largest absolute Gasteiger partial charge is 0.484 e. The Morgan fingerprint density at radius 3 is 2.59 bits per heavy atom. The number of hydrogen-bond donors (Lipinski definition) is 1. The molecule has 0 aliphatic carbocycles. The first kappa shape index (κ1) is 20.2. The number of carbonyl (C=O) groups excluding carboxylic acids is 1. The van der Waals surface area contributed by atoms with Crippen LogP contribution < -0.4 is 15.6 Å². The quantitative estimate of drug-likeness (QED) is 0.391. The van der Waals surface area contributed by atoms with Gasteiger partial charge in [-0.05, 0) is 37.0 Å². The lowest BCUT2D eigenvalue weighted by atomic mass is 10.2. The van der Waals surface area contributed by atoms with Gasteiger partial charge in [-0.1, -0.05) is 19.1 Å². The molecule has 0 radical (unpaired) electrons. The Morgan fingerprint density at radius 1 is 1.19 bits per heavy atom. The van der Waals surface area contributed by atoms with Crippen LogP contribution in [0.2, 0.25) is 0 Å². The monoisotopic (exact) mass is 373 g/mol. The second-order valence-corrected chi connectivity index (χ2v) is 6.02. The van der Waals surface area contributed by atoms with Crippen molar-refractivity contribution >= 4 is 11.6 Å². The molecule has 8 heteroatoms. The molecule has 0 atom stereocenters. The number of hydrogen-bond acceptors (Lipinski definition) is 5. The van der Waals surface area contributed by atoms with E-state index in [-0.39, 0.29) is 23.8 Å². The number of ether oxygens (including phenoxy) is 1. The van der Waals surface area contributed by atoms with Crippen LogP contribution in [0, 0.1) is 10.1 Å². The Hall–Kier alpha value is -3.16. The van der Waals surface area contributed by atoms with Gasteiger partial charge in [-0.3, -0.25) is 19.7 Å². The minimum atomic E-state index is -0.536. The van der Waals surface area contributed by atoms with Crippen molar-refractivity contribution in [3.05, 3.63) is 68.6 Å². The van der Waals surface area contributed by atoms with E-state index >= 15 is 0 Å². The molecule has 0 aliphatic heterocycles. The molecule has 8 nitrogen and oxygen atoms in total. The Bertz CT molecular complexity index is 830. The summed E-state index contributed by atoms with van der Waals surface area (Å²) in [6.45, 7) is 2.81. The van der Waals surface area contributed by atoms with Gasteiger partial charge in [-0.25, -0.2) is 0 Å². The van der Waals surface area contributed by atoms with E-state index in [0.29, 0.717) is 31.7 Å². The average molecular weight is 373 g/mol. The summed E-state index contributed by atoms with van der Waals surface area (Å²) in [5.41, 5.74) is 0.800. The first-order chi connectivity index (χ1) is 13.0. The number of benzene rings is 1. The fourth-order valence-corrected chi connectivity index (χ4v) is 2.46. The number of unbranched alkanes of at least 4 members (excludes halogenated alkanes) is 1. The maximum Gasteiger partial charge on any atom is 0.285 e. The second-order valence-electron chi connectivity index (χ2n) is 6.02. The van der Waals surface area contributed by atoms with Crippen LogP contribution in [0.25, 0.3) is 0 Å². The van der Waals surface area contributed by atoms with Crippen LogP contribution in [-0.4, -0.2) is 28.5 Å². The first-order valence-electron chi connectivity index (χ1n) is 8.83. The molecule has 0 saturated carbocycles. The fraction of sp³-hybridized carbons (Fsp3) is 0.368. The van der Waals surface area contributed by atoms with Gasteiger partial charge in [0.05, 0.1) is 11.1 Å². The molecule has 144 valence electrons. The SMILES string of the molecule is CCc1ccc(OCC(=O)NCCCCn2cc([N+](=O)[O-])ccc2=O)cc1. The van der Waals surface area contributed by atoms with Crippen molar-refractivity contribution in [2.24, 2.45) is 0 Å². The van der Waals surface area contributed by atoms with E-state index in [4.69, 9.17) is 4.74 Å². The summed E-state index contributed by atoms with van der Waals surface area (Å²) in [6.07, 6.45) is 3.44. The highest BCUT2D eigenvalue weighted by Crippen LogP contribution is 2.12. The van der Waals surface area contributed by atoms with Gasteiger partial charge in [0.2, 0.25) is 0 Å². The summed E-state index contributed by atoms with van der Waals surface area (Å²) >= 11 is 0. The highest BCUT2D eigenvalue weighted by atomic mass is 16.6. The number of nitro groups is 1.